The summed E-state index contributed by atoms with van der Waals surface area (Å²) in [5.74, 6) is 0. The van der Waals surface area contributed by atoms with Gasteiger partial charge in [0.25, 0.3) is 0 Å². The highest BCUT2D eigenvalue weighted by molar-refractivity contribution is 6.52. The smallest absolute Gasteiger partial charge is 0.347 e. The maximum absolute atomic E-state index is 5.68. The van der Waals surface area contributed by atoms with Crippen molar-refractivity contribution in [3.05, 3.63) is 0 Å². The lowest BCUT2D eigenvalue weighted by molar-refractivity contribution is -0.385. The van der Waals surface area contributed by atoms with E-state index >= 15 is 0 Å². The first-order valence-corrected chi connectivity index (χ1v) is 9.88. The van der Waals surface area contributed by atoms with Gasteiger partial charge in [0.1, 0.15) is 0 Å². The minimum Gasteiger partial charge on any atom is -0.347 e. The lowest BCUT2D eigenvalue weighted by Gasteiger charge is -2.28. The van der Waals surface area contributed by atoms with Gasteiger partial charge in [-0.25, -0.2) is 14.7 Å². The lowest BCUT2D eigenvalue weighted by atomic mass is 10.3. The number of hydrogen-bond donors (Lipinski definition) is 1. The van der Waals surface area contributed by atoms with E-state index in [0.29, 0.717) is 26.4 Å². The fourth-order valence-corrected chi connectivity index (χ4v) is 3.34. The molecule has 1 rings (SSSR count). The Morgan fingerprint density at radius 2 is 1.39 bits per heavy atom. The number of nitrogens with one attached hydrogen (secondary N) is 1. The van der Waals surface area contributed by atoms with Gasteiger partial charge in [0.15, 0.2) is 0 Å². The van der Waals surface area contributed by atoms with Crippen LogP contribution >= 0.6 is 0 Å². The summed E-state index contributed by atoms with van der Waals surface area (Å²) in [7, 11) is -3.64. The molecule has 1 fully saturated rings. The summed E-state index contributed by atoms with van der Waals surface area (Å²) in [4.78, 5) is 17.2. The van der Waals surface area contributed by atoms with Crippen LogP contribution in [0, 0.1) is 0 Å². The van der Waals surface area contributed by atoms with Crippen molar-refractivity contribution in [3.63, 3.8) is 0 Å². The van der Waals surface area contributed by atoms with Crippen LogP contribution in [0.3, 0.4) is 0 Å². The average molecular weight is 354 g/mol. The Balaban J connectivity index is 2.40. The molecule has 0 bridgehead atoms. The molecule has 0 aromatic rings. The van der Waals surface area contributed by atoms with Crippen molar-refractivity contribution in [2.75, 3.05) is 59.2 Å². The van der Waals surface area contributed by atoms with E-state index < -0.39 is 9.05 Å². The highest BCUT2D eigenvalue weighted by atomic mass is 28.4. The van der Waals surface area contributed by atoms with E-state index in [1.54, 1.807) is 20.8 Å². The van der Waals surface area contributed by atoms with E-state index in [2.05, 4.69) is 10.2 Å². The Morgan fingerprint density at radius 1 is 0.870 bits per heavy atom. The summed E-state index contributed by atoms with van der Waals surface area (Å²) in [6.45, 7) is 11.8. The number of hydrogen-bond acceptors (Lipinski definition) is 9. The normalized spacial score (nSPS) is 16.8. The van der Waals surface area contributed by atoms with Crippen molar-refractivity contribution in [2.45, 2.75) is 27.2 Å². The van der Waals surface area contributed by atoms with Crippen LogP contribution in [-0.4, -0.2) is 73.1 Å². The molecule has 0 saturated carbocycles. The molecule has 9 nitrogen and oxygen atoms in total. The van der Waals surface area contributed by atoms with Crippen LogP contribution in [0.5, 0.6) is 0 Å². The molecule has 0 unspecified atom stereocenters. The van der Waals surface area contributed by atoms with Gasteiger partial charge in [0.05, 0.1) is 19.8 Å². The van der Waals surface area contributed by atoms with Gasteiger partial charge in [-0.3, -0.25) is 0 Å². The first-order chi connectivity index (χ1) is 11.3. The second-order valence-corrected chi connectivity index (χ2v) is 6.55. The van der Waals surface area contributed by atoms with Crippen molar-refractivity contribution in [2.24, 2.45) is 0 Å². The van der Waals surface area contributed by atoms with Crippen molar-refractivity contribution in [1.29, 1.82) is 0 Å². The first-order valence-electron chi connectivity index (χ1n) is 8.25. The van der Waals surface area contributed by atoms with Crippen LogP contribution in [0.1, 0.15) is 27.2 Å². The zero-order chi connectivity index (χ0) is 16.8. The molecule has 0 radical (unpaired) electrons. The fourth-order valence-electron chi connectivity index (χ4n) is 1.93. The van der Waals surface area contributed by atoms with Gasteiger partial charge in [-0.1, -0.05) is 0 Å². The summed E-state index contributed by atoms with van der Waals surface area (Å²) in [5, 5.41) is 3.32. The number of rotatable bonds is 14. The van der Waals surface area contributed by atoms with Crippen LogP contribution in [0.2, 0.25) is 0 Å². The van der Waals surface area contributed by atoms with Crippen LogP contribution in [0.15, 0.2) is 0 Å². The van der Waals surface area contributed by atoms with Gasteiger partial charge in [-0.2, -0.15) is 13.7 Å². The predicted molar refractivity (Wildman–Crippen MR) is 83.8 cm³/mol. The molecular weight excluding hydrogens is 324 g/mol. The Hall–Kier alpha value is -0.143. The zero-order valence-corrected chi connectivity index (χ0v) is 15.4. The Labute approximate surface area is 139 Å². The van der Waals surface area contributed by atoms with Crippen molar-refractivity contribution < 1.29 is 32.8 Å². The molecule has 1 heterocycles. The molecule has 0 aromatic heterocycles. The maximum atomic E-state index is 5.68. The zero-order valence-electron chi connectivity index (χ0n) is 14.4. The standard InChI is InChI=1S/C13H30N2O7Si/c1-4-16-20-23(21-17-5-2,22-18-6-3)19-13-7-10-15-11-8-14-9-12-15/h14H,4-13H2,1-3H3. The molecule has 1 aliphatic heterocycles. The third-order valence-electron chi connectivity index (χ3n) is 2.94. The van der Waals surface area contributed by atoms with Crippen LogP contribution in [0.25, 0.3) is 0 Å². The van der Waals surface area contributed by atoms with Gasteiger partial charge in [0.2, 0.25) is 0 Å². The largest absolute Gasteiger partial charge is 0.764 e. The van der Waals surface area contributed by atoms with E-state index in [1.165, 1.54) is 0 Å². The molecule has 0 aliphatic carbocycles. The quantitative estimate of drug-likeness (QED) is 0.209. The highest BCUT2D eigenvalue weighted by Crippen LogP contribution is 2.14. The van der Waals surface area contributed by atoms with Crippen molar-refractivity contribution in [3.8, 4) is 0 Å². The van der Waals surface area contributed by atoms with Gasteiger partial charge >= 0.3 is 9.05 Å². The molecule has 138 valence electrons. The molecular formula is C13H30N2O7Si. The summed E-state index contributed by atoms with van der Waals surface area (Å²) in [6, 6.07) is 0. The van der Waals surface area contributed by atoms with E-state index in [0.717, 1.165) is 39.1 Å². The van der Waals surface area contributed by atoms with E-state index in [1.807, 2.05) is 0 Å². The third kappa shape index (κ3) is 9.05. The molecule has 1 saturated heterocycles. The number of nitrogens with zero attached hydrogens (tertiary/aromatic N) is 1. The lowest BCUT2D eigenvalue weighted by Crippen LogP contribution is -2.50. The molecule has 0 amide bonds. The van der Waals surface area contributed by atoms with Crippen molar-refractivity contribution in [1.82, 2.24) is 10.2 Å². The molecule has 0 spiro atoms. The van der Waals surface area contributed by atoms with Gasteiger partial charge < -0.3 is 14.6 Å². The van der Waals surface area contributed by atoms with Gasteiger partial charge in [-0.05, 0) is 27.2 Å². The Kier molecular flexibility index (Phi) is 12.0. The molecule has 10 heteroatoms. The highest BCUT2D eigenvalue weighted by Gasteiger charge is 2.52. The molecule has 23 heavy (non-hydrogen) atoms. The summed E-state index contributed by atoms with van der Waals surface area (Å²) in [5.41, 5.74) is 0. The maximum Gasteiger partial charge on any atom is 0.764 e. The van der Waals surface area contributed by atoms with Gasteiger partial charge in [-0.15, -0.1) is 0 Å². The van der Waals surface area contributed by atoms with Crippen LogP contribution in [-0.2, 0) is 32.8 Å². The molecule has 0 aromatic carbocycles. The van der Waals surface area contributed by atoms with Crippen LogP contribution < -0.4 is 5.32 Å². The minimum atomic E-state index is -3.64. The first kappa shape index (κ1) is 20.9. The summed E-state index contributed by atoms with van der Waals surface area (Å²) < 4.78 is 21.2. The SMILES string of the molecule is CCOO[Si](OCCCN1CCNCC1)(OOCC)OOCC. The molecule has 1 aliphatic rings. The average Bonchev–Trinajstić information content (AvgIpc) is 2.60. The van der Waals surface area contributed by atoms with E-state index in [-0.39, 0.29) is 0 Å². The Morgan fingerprint density at radius 3 is 1.87 bits per heavy atom. The Bertz CT molecular complexity index is 261. The number of piperazine rings is 1. The summed E-state index contributed by atoms with van der Waals surface area (Å²) >= 11 is 0. The van der Waals surface area contributed by atoms with Crippen molar-refractivity contribution >= 4 is 9.05 Å². The van der Waals surface area contributed by atoms with Crippen LogP contribution in [0.4, 0.5) is 0 Å². The molecule has 1 N–H and O–H groups in total. The molecule has 0 atom stereocenters. The fraction of sp³-hybridized carbons (Fsp3) is 1.00. The topological polar surface area (TPSA) is 79.9 Å². The van der Waals surface area contributed by atoms with E-state index in [4.69, 9.17) is 32.8 Å². The monoisotopic (exact) mass is 354 g/mol. The van der Waals surface area contributed by atoms with E-state index in [9.17, 15) is 0 Å². The van der Waals surface area contributed by atoms with Gasteiger partial charge in [0, 0.05) is 39.3 Å². The third-order valence-corrected chi connectivity index (χ3v) is 4.47. The second kappa shape index (κ2) is 13.2. The predicted octanol–water partition coefficient (Wildman–Crippen LogP) is 0.638. The second-order valence-electron chi connectivity index (χ2n) is 4.76. The summed E-state index contributed by atoms with van der Waals surface area (Å²) in [6.07, 6.45) is 0.815. The minimum absolute atomic E-state index is 0.323.